The van der Waals surface area contributed by atoms with Crippen LogP contribution in [-0.2, 0) is 4.79 Å². The number of hydrogen-bond acceptors (Lipinski definition) is 2. The maximum atomic E-state index is 11.5. The minimum atomic E-state index is -0.748. The lowest BCUT2D eigenvalue weighted by Crippen LogP contribution is -2.38. The molecule has 2 amide bonds. The second kappa shape index (κ2) is 7.24. The predicted molar refractivity (Wildman–Crippen MR) is 69.4 cm³/mol. The molecule has 1 rings (SSSR count). The largest absolute Gasteiger partial charge is 0.481 e. The molecule has 0 aromatic rings. The molecule has 0 saturated heterocycles. The highest BCUT2D eigenvalue weighted by Gasteiger charge is 2.33. The third kappa shape index (κ3) is 5.89. The smallest absolute Gasteiger partial charge is 0.315 e. The fraction of sp³-hybridized carbons (Fsp3) is 0.846. The number of carbonyl (C=O) groups excluding carboxylic acids is 1. The summed E-state index contributed by atoms with van der Waals surface area (Å²) in [5, 5.41) is 14.4. The van der Waals surface area contributed by atoms with Gasteiger partial charge in [-0.05, 0) is 31.1 Å². The molecule has 1 saturated carbocycles. The number of carboxylic acids is 1. The van der Waals surface area contributed by atoms with Crippen LogP contribution in [0.1, 0.15) is 46.0 Å². The van der Waals surface area contributed by atoms with Crippen molar-refractivity contribution in [2.24, 2.45) is 11.8 Å². The van der Waals surface area contributed by atoms with E-state index < -0.39 is 5.97 Å². The maximum Gasteiger partial charge on any atom is 0.315 e. The van der Waals surface area contributed by atoms with Crippen LogP contribution in [0.25, 0.3) is 0 Å². The molecule has 0 bridgehead atoms. The van der Waals surface area contributed by atoms with Crippen molar-refractivity contribution in [3.05, 3.63) is 0 Å². The second-order valence-electron chi connectivity index (χ2n) is 5.22. The lowest BCUT2D eigenvalue weighted by Gasteiger charge is -2.14. The molecule has 3 N–H and O–H groups in total. The van der Waals surface area contributed by atoms with Crippen molar-refractivity contribution in [1.29, 1.82) is 0 Å². The minimum Gasteiger partial charge on any atom is -0.481 e. The van der Waals surface area contributed by atoms with Gasteiger partial charge in [-0.1, -0.05) is 20.3 Å². The summed E-state index contributed by atoms with van der Waals surface area (Å²) in [7, 11) is 0. The topological polar surface area (TPSA) is 78.4 Å². The summed E-state index contributed by atoms with van der Waals surface area (Å²) in [5.41, 5.74) is 0. The van der Waals surface area contributed by atoms with Gasteiger partial charge < -0.3 is 15.7 Å². The van der Waals surface area contributed by atoms with E-state index in [1.807, 2.05) is 0 Å². The molecule has 3 unspecified atom stereocenters. The number of hydrogen-bond donors (Lipinski definition) is 3. The normalized spacial score (nSPS) is 23.2. The number of carbonyl (C=O) groups is 2. The van der Waals surface area contributed by atoms with Crippen molar-refractivity contribution in [2.45, 2.75) is 52.0 Å². The van der Waals surface area contributed by atoms with Crippen molar-refractivity contribution in [1.82, 2.24) is 10.6 Å². The van der Waals surface area contributed by atoms with Gasteiger partial charge in [0, 0.05) is 19.0 Å². The van der Waals surface area contributed by atoms with E-state index in [1.54, 1.807) is 0 Å². The van der Waals surface area contributed by atoms with E-state index in [-0.39, 0.29) is 12.5 Å². The Morgan fingerprint density at radius 1 is 1.39 bits per heavy atom. The van der Waals surface area contributed by atoms with E-state index in [0.717, 1.165) is 19.3 Å². The Morgan fingerprint density at radius 3 is 2.56 bits per heavy atom. The van der Waals surface area contributed by atoms with Crippen molar-refractivity contribution in [3.8, 4) is 0 Å². The van der Waals surface area contributed by atoms with Crippen LogP contribution in [0.2, 0.25) is 0 Å². The van der Waals surface area contributed by atoms with Gasteiger partial charge in [0.2, 0.25) is 0 Å². The fourth-order valence-corrected chi connectivity index (χ4v) is 2.01. The average Bonchev–Trinajstić information content (AvgIpc) is 2.98. The SMILES string of the molecule is CCC(CCNC(=O)NC1CC1C)CCC(=O)O. The van der Waals surface area contributed by atoms with Gasteiger partial charge in [0.05, 0.1) is 0 Å². The Balaban J connectivity index is 2.06. The number of aliphatic carboxylic acids is 1. The van der Waals surface area contributed by atoms with Crippen molar-refractivity contribution in [2.75, 3.05) is 6.54 Å². The highest BCUT2D eigenvalue weighted by Crippen LogP contribution is 2.28. The summed E-state index contributed by atoms with van der Waals surface area (Å²) in [6, 6.07) is 0.247. The number of carboxylic acid groups (broad SMARTS) is 1. The van der Waals surface area contributed by atoms with Crippen molar-refractivity contribution in [3.63, 3.8) is 0 Å². The lowest BCUT2D eigenvalue weighted by molar-refractivity contribution is -0.137. The molecular formula is C13H24N2O3. The van der Waals surface area contributed by atoms with Crippen LogP contribution in [-0.4, -0.2) is 29.7 Å². The molecule has 0 aromatic heterocycles. The summed E-state index contributed by atoms with van der Waals surface area (Å²) in [5.74, 6) is 0.234. The molecule has 0 heterocycles. The van der Waals surface area contributed by atoms with Crippen LogP contribution in [0.5, 0.6) is 0 Å². The zero-order valence-corrected chi connectivity index (χ0v) is 11.2. The molecule has 1 aliphatic rings. The van der Waals surface area contributed by atoms with Gasteiger partial charge in [-0.3, -0.25) is 4.79 Å². The molecule has 0 aromatic carbocycles. The molecular weight excluding hydrogens is 232 g/mol. The highest BCUT2D eigenvalue weighted by molar-refractivity contribution is 5.74. The molecule has 0 spiro atoms. The van der Waals surface area contributed by atoms with Crippen LogP contribution in [0.15, 0.2) is 0 Å². The van der Waals surface area contributed by atoms with Crippen LogP contribution in [0, 0.1) is 11.8 Å². The summed E-state index contributed by atoms with van der Waals surface area (Å²) in [4.78, 5) is 21.9. The van der Waals surface area contributed by atoms with E-state index in [4.69, 9.17) is 5.11 Å². The van der Waals surface area contributed by atoms with Gasteiger partial charge in [-0.2, -0.15) is 0 Å². The van der Waals surface area contributed by atoms with E-state index >= 15 is 0 Å². The minimum absolute atomic E-state index is 0.0996. The van der Waals surface area contributed by atoms with Crippen molar-refractivity contribution < 1.29 is 14.7 Å². The number of rotatable bonds is 8. The number of urea groups is 1. The predicted octanol–water partition coefficient (Wildman–Crippen LogP) is 1.98. The van der Waals surface area contributed by atoms with Gasteiger partial charge in [-0.15, -0.1) is 0 Å². The molecule has 3 atom stereocenters. The van der Waals surface area contributed by atoms with Crippen LogP contribution >= 0.6 is 0 Å². The molecule has 5 nitrogen and oxygen atoms in total. The molecule has 0 radical (unpaired) electrons. The van der Waals surface area contributed by atoms with Gasteiger partial charge in [0.1, 0.15) is 0 Å². The fourth-order valence-electron chi connectivity index (χ4n) is 2.01. The monoisotopic (exact) mass is 256 g/mol. The Hall–Kier alpha value is -1.26. The first-order valence-electron chi connectivity index (χ1n) is 6.79. The average molecular weight is 256 g/mol. The first kappa shape index (κ1) is 14.8. The van der Waals surface area contributed by atoms with E-state index in [1.165, 1.54) is 0 Å². The van der Waals surface area contributed by atoms with Crippen LogP contribution in [0.3, 0.4) is 0 Å². The van der Waals surface area contributed by atoms with Gasteiger partial charge in [0.15, 0.2) is 0 Å². The summed E-state index contributed by atoms with van der Waals surface area (Å²) in [6.07, 6.45) is 3.77. The third-order valence-corrected chi connectivity index (χ3v) is 3.61. The Bertz CT molecular complexity index is 294. The summed E-state index contributed by atoms with van der Waals surface area (Å²) >= 11 is 0. The molecule has 1 fully saturated rings. The van der Waals surface area contributed by atoms with Crippen molar-refractivity contribution >= 4 is 12.0 Å². The van der Waals surface area contributed by atoms with Crippen LogP contribution in [0.4, 0.5) is 4.79 Å². The van der Waals surface area contributed by atoms with Gasteiger partial charge >= 0.3 is 12.0 Å². The second-order valence-corrected chi connectivity index (χ2v) is 5.22. The maximum absolute atomic E-state index is 11.5. The first-order valence-corrected chi connectivity index (χ1v) is 6.79. The summed E-state index contributed by atoms with van der Waals surface area (Å²) < 4.78 is 0. The molecule has 18 heavy (non-hydrogen) atoms. The Labute approximate surface area is 108 Å². The number of amides is 2. The molecule has 5 heteroatoms. The summed E-state index contributed by atoms with van der Waals surface area (Å²) in [6.45, 7) is 4.79. The first-order chi connectivity index (χ1) is 8.52. The zero-order valence-electron chi connectivity index (χ0n) is 11.2. The molecule has 104 valence electrons. The van der Waals surface area contributed by atoms with Crippen LogP contribution < -0.4 is 10.6 Å². The quantitative estimate of drug-likeness (QED) is 0.621. The van der Waals surface area contributed by atoms with E-state index in [2.05, 4.69) is 24.5 Å². The third-order valence-electron chi connectivity index (χ3n) is 3.61. The molecule has 0 aliphatic heterocycles. The van der Waals surface area contributed by atoms with Gasteiger partial charge in [-0.25, -0.2) is 4.79 Å². The highest BCUT2D eigenvalue weighted by atomic mass is 16.4. The van der Waals surface area contributed by atoms with E-state index in [0.29, 0.717) is 30.8 Å². The van der Waals surface area contributed by atoms with E-state index in [9.17, 15) is 9.59 Å². The Kier molecular flexibility index (Phi) is 5.95. The number of nitrogens with one attached hydrogen (secondary N) is 2. The lowest BCUT2D eigenvalue weighted by atomic mass is 9.97. The Morgan fingerprint density at radius 2 is 2.06 bits per heavy atom. The van der Waals surface area contributed by atoms with Gasteiger partial charge in [0.25, 0.3) is 0 Å². The standard InChI is InChI=1S/C13H24N2O3/c1-3-10(4-5-12(16)17)6-7-14-13(18)15-11-8-9(11)2/h9-11H,3-8H2,1-2H3,(H,16,17)(H2,14,15,18). The zero-order chi connectivity index (χ0) is 13.5. The molecule has 1 aliphatic carbocycles.